The predicted octanol–water partition coefficient (Wildman–Crippen LogP) is 6.03. The second kappa shape index (κ2) is 15.2. The van der Waals surface area contributed by atoms with Gasteiger partial charge in [0.05, 0.1) is 29.2 Å². The molecule has 0 unspecified atom stereocenters. The Kier molecular flexibility index (Phi) is 12.1. The Morgan fingerprint density at radius 1 is 0.960 bits per heavy atom. The fourth-order valence-electron chi connectivity index (χ4n) is 5.64. The molecule has 9 nitrogen and oxygen atoms in total. The van der Waals surface area contributed by atoms with E-state index in [2.05, 4.69) is 5.32 Å². The Bertz CT molecular complexity index is 1880. The Hall–Kier alpha value is -4.47. The molecule has 0 aliphatic rings. The maximum atomic E-state index is 15.8. The van der Waals surface area contributed by atoms with Crippen molar-refractivity contribution in [2.24, 2.45) is 13.0 Å². The number of hydrogen-bond donors (Lipinski definition) is 2. The maximum absolute atomic E-state index is 15.8. The van der Waals surface area contributed by atoms with Crippen molar-refractivity contribution in [1.82, 2.24) is 19.4 Å². The number of benzene rings is 1. The number of rotatable bonds is 12. The lowest BCUT2D eigenvalue weighted by Gasteiger charge is -2.27. The molecule has 0 aliphatic carbocycles. The molecule has 2 atom stereocenters. The first-order chi connectivity index (χ1) is 22.9. The van der Waals surface area contributed by atoms with Gasteiger partial charge < -0.3 is 24.5 Å². The molecule has 0 aliphatic heterocycles. The molecule has 50 heavy (non-hydrogen) atoms. The minimum Gasteiger partial charge on any atom is -0.481 e. The summed E-state index contributed by atoms with van der Waals surface area (Å²) in [5, 5.41) is 12.1. The first kappa shape index (κ1) is 40.0. The molecule has 2 N–H and O–H groups in total. The fraction of sp³-hybridized carbons (Fsp3) is 0.471. The van der Waals surface area contributed by atoms with Crippen LogP contribution in [0.4, 0.5) is 30.7 Å². The van der Waals surface area contributed by atoms with Gasteiger partial charge in [-0.25, -0.2) is 4.39 Å². The first-order valence-corrected chi connectivity index (χ1v) is 15.5. The molecule has 3 rings (SSSR count). The zero-order valence-corrected chi connectivity index (χ0v) is 28.5. The van der Waals surface area contributed by atoms with Gasteiger partial charge in [-0.15, -0.1) is 0 Å². The quantitative estimate of drug-likeness (QED) is 0.222. The van der Waals surface area contributed by atoms with E-state index in [0.717, 1.165) is 33.5 Å². The summed E-state index contributed by atoms with van der Waals surface area (Å²) in [5.41, 5.74) is -7.03. The van der Waals surface area contributed by atoms with Crippen LogP contribution in [0.1, 0.15) is 72.3 Å². The number of halogens is 7. The number of carbonyl (C=O) groups is 2. The zero-order chi connectivity index (χ0) is 38.0. The molecule has 1 amide bonds. The van der Waals surface area contributed by atoms with Gasteiger partial charge >= 0.3 is 18.3 Å². The van der Waals surface area contributed by atoms with E-state index in [1.165, 1.54) is 20.9 Å². The molecule has 0 fully saturated rings. The van der Waals surface area contributed by atoms with E-state index in [0.29, 0.717) is 6.07 Å². The van der Waals surface area contributed by atoms with Gasteiger partial charge in [-0.05, 0) is 81.6 Å². The third-order valence-corrected chi connectivity index (χ3v) is 8.25. The van der Waals surface area contributed by atoms with Gasteiger partial charge in [0.15, 0.2) is 0 Å². The summed E-state index contributed by atoms with van der Waals surface area (Å²) in [6.07, 6.45) is -10.2. The largest absolute Gasteiger partial charge is 0.481 e. The van der Waals surface area contributed by atoms with Crippen LogP contribution in [0, 0.1) is 25.6 Å². The highest BCUT2D eigenvalue weighted by Gasteiger charge is 2.38. The molecule has 2 aromatic heterocycles. The van der Waals surface area contributed by atoms with Crippen molar-refractivity contribution in [2.45, 2.75) is 71.4 Å². The smallest absolute Gasteiger partial charge is 0.417 e. The minimum atomic E-state index is -5.00. The standard InChI is InChI=1S/C34H39F7N4O5/c1-17(2)10-26(45-16-20(8-9-43(5)6)23(14-27(45)46)33(36,37)38)31(49)42-25(15-28(47)48)22-13-21(11-18(3)30(22)35)29-24(34(39,40)41)12-19(4)44(7)32(29)50/h11-14,16-17,25-26H,8-10,15H2,1-7H3,(H,42,49)(H,47,48)/t25-,26+/m1/s1. The Balaban J connectivity index is 2.23. The van der Waals surface area contributed by atoms with Crippen LogP contribution in [0.5, 0.6) is 0 Å². The number of amides is 1. The lowest BCUT2D eigenvalue weighted by Crippen LogP contribution is -2.41. The van der Waals surface area contributed by atoms with Crippen LogP contribution < -0.4 is 16.4 Å². The summed E-state index contributed by atoms with van der Waals surface area (Å²) < 4.78 is 102. The Morgan fingerprint density at radius 2 is 1.56 bits per heavy atom. The molecular weight excluding hydrogens is 677 g/mol. The second-order valence-corrected chi connectivity index (χ2v) is 12.9. The highest BCUT2D eigenvalue weighted by Crippen LogP contribution is 2.38. The Morgan fingerprint density at radius 3 is 2.08 bits per heavy atom. The van der Waals surface area contributed by atoms with Gasteiger partial charge in [-0.3, -0.25) is 19.2 Å². The molecule has 0 spiro atoms. The fourth-order valence-corrected chi connectivity index (χ4v) is 5.64. The number of nitrogens with one attached hydrogen (secondary N) is 1. The summed E-state index contributed by atoms with van der Waals surface area (Å²) in [7, 11) is 4.52. The van der Waals surface area contributed by atoms with E-state index in [1.807, 2.05) is 0 Å². The van der Waals surface area contributed by atoms with Crippen molar-refractivity contribution in [2.75, 3.05) is 20.6 Å². The number of alkyl halides is 6. The lowest BCUT2D eigenvalue weighted by atomic mass is 9.92. The molecular formula is C34H39F7N4O5. The van der Waals surface area contributed by atoms with Crippen molar-refractivity contribution in [3.8, 4) is 11.1 Å². The summed E-state index contributed by atoms with van der Waals surface area (Å²) in [5.74, 6) is -3.99. The highest BCUT2D eigenvalue weighted by molar-refractivity contribution is 5.82. The van der Waals surface area contributed by atoms with E-state index in [9.17, 15) is 50.6 Å². The normalized spacial score (nSPS) is 13.5. The number of carbonyl (C=O) groups excluding carboxylic acids is 1. The number of aromatic nitrogens is 2. The monoisotopic (exact) mass is 716 g/mol. The summed E-state index contributed by atoms with van der Waals surface area (Å²) >= 11 is 0. The molecule has 274 valence electrons. The van der Waals surface area contributed by atoms with E-state index in [4.69, 9.17) is 0 Å². The number of hydrogen-bond acceptors (Lipinski definition) is 5. The van der Waals surface area contributed by atoms with E-state index in [-0.39, 0.29) is 47.7 Å². The molecule has 0 saturated heterocycles. The summed E-state index contributed by atoms with van der Waals surface area (Å²) in [4.78, 5) is 53.8. The average molecular weight is 717 g/mol. The second-order valence-electron chi connectivity index (χ2n) is 12.9. The van der Waals surface area contributed by atoms with Gasteiger partial charge in [-0.2, -0.15) is 26.3 Å². The molecule has 0 saturated carbocycles. The first-order valence-electron chi connectivity index (χ1n) is 15.5. The average Bonchev–Trinajstić information content (AvgIpc) is 2.97. The van der Waals surface area contributed by atoms with Crippen LogP contribution >= 0.6 is 0 Å². The number of carboxylic acids is 1. The number of aliphatic carboxylic acids is 1. The van der Waals surface area contributed by atoms with Crippen LogP contribution in [0.25, 0.3) is 11.1 Å². The maximum Gasteiger partial charge on any atom is 0.417 e. The summed E-state index contributed by atoms with van der Waals surface area (Å²) in [6, 6.07) is -0.246. The van der Waals surface area contributed by atoms with Crippen molar-refractivity contribution < 1.29 is 45.4 Å². The van der Waals surface area contributed by atoms with Crippen molar-refractivity contribution in [1.29, 1.82) is 0 Å². The molecule has 2 heterocycles. The zero-order valence-electron chi connectivity index (χ0n) is 28.5. The van der Waals surface area contributed by atoms with Crippen molar-refractivity contribution >= 4 is 11.9 Å². The number of likely N-dealkylation sites (N-methyl/N-ethyl adjacent to an activating group) is 1. The summed E-state index contributed by atoms with van der Waals surface area (Å²) in [6.45, 7) is 5.99. The van der Waals surface area contributed by atoms with Crippen LogP contribution in [0.2, 0.25) is 0 Å². The van der Waals surface area contributed by atoms with Gasteiger partial charge in [-0.1, -0.05) is 13.8 Å². The van der Waals surface area contributed by atoms with Gasteiger partial charge in [0.25, 0.3) is 11.1 Å². The van der Waals surface area contributed by atoms with E-state index >= 15 is 4.39 Å². The third-order valence-electron chi connectivity index (χ3n) is 8.25. The van der Waals surface area contributed by atoms with Crippen molar-refractivity contribution in [3.05, 3.63) is 90.5 Å². The van der Waals surface area contributed by atoms with Gasteiger partial charge in [0, 0.05) is 37.1 Å². The predicted molar refractivity (Wildman–Crippen MR) is 171 cm³/mol. The van der Waals surface area contributed by atoms with Crippen molar-refractivity contribution in [3.63, 3.8) is 0 Å². The van der Waals surface area contributed by atoms with Gasteiger partial charge in [0.2, 0.25) is 5.91 Å². The number of nitrogens with zero attached hydrogens (tertiary/aromatic N) is 3. The lowest BCUT2D eigenvalue weighted by molar-refractivity contribution is -0.139. The van der Waals surface area contributed by atoms with Crippen LogP contribution in [-0.4, -0.2) is 51.7 Å². The molecule has 1 aromatic carbocycles. The van der Waals surface area contributed by atoms with E-state index in [1.54, 1.807) is 32.8 Å². The third kappa shape index (κ3) is 9.20. The van der Waals surface area contributed by atoms with Crippen LogP contribution in [0.3, 0.4) is 0 Å². The topological polar surface area (TPSA) is 114 Å². The van der Waals surface area contributed by atoms with E-state index < -0.39 is 81.9 Å². The Labute approximate surface area is 283 Å². The van der Waals surface area contributed by atoms with Crippen LogP contribution in [-0.2, 0) is 35.4 Å². The van der Waals surface area contributed by atoms with Gasteiger partial charge in [0.1, 0.15) is 11.9 Å². The highest BCUT2D eigenvalue weighted by atomic mass is 19.4. The molecule has 0 radical (unpaired) electrons. The molecule has 16 heteroatoms. The number of carboxylic acid groups (broad SMARTS) is 1. The number of aryl methyl sites for hydroxylation is 2. The minimum absolute atomic E-state index is 0.0132. The number of pyridine rings is 2. The molecule has 0 bridgehead atoms. The van der Waals surface area contributed by atoms with Crippen LogP contribution in [0.15, 0.2) is 40.1 Å². The molecule has 3 aromatic rings. The SMILES string of the molecule is Cc1cc(-c2c(C(F)(F)F)cc(C)n(C)c2=O)cc([C@@H](CC(=O)O)NC(=O)[C@H](CC(C)C)n2cc(CCN(C)C)c(C(F)(F)F)cc2=O)c1F.